The van der Waals surface area contributed by atoms with Crippen molar-refractivity contribution in [2.75, 3.05) is 40.0 Å². The molecule has 0 unspecified atom stereocenters. The largest absolute Gasteiger partial charge is 0.399 e. The molecule has 0 aliphatic heterocycles. The molecule has 2 N–H and O–H groups in total. The molecule has 0 saturated heterocycles. The Labute approximate surface area is 111 Å². The normalized spacial score (nSPS) is 10.5. The van der Waals surface area contributed by atoms with Crippen LogP contribution in [0.1, 0.15) is 10.4 Å². The topological polar surface area (TPSA) is 92.7 Å². The van der Waals surface area contributed by atoms with E-state index in [9.17, 15) is 14.9 Å². The minimum atomic E-state index is -0.577. The predicted octanol–water partition coefficient (Wildman–Crippen LogP) is 0.811. The molecule has 19 heavy (non-hydrogen) atoms. The van der Waals surface area contributed by atoms with Crippen molar-refractivity contribution in [1.82, 2.24) is 9.80 Å². The molecule has 7 nitrogen and oxygen atoms in total. The maximum Gasteiger partial charge on any atom is 0.282 e. The van der Waals surface area contributed by atoms with E-state index < -0.39 is 10.8 Å². The van der Waals surface area contributed by atoms with Crippen LogP contribution in [0.4, 0.5) is 11.4 Å². The Kier molecular flexibility index (Phi) is 4.82. The number of nitrogens with two attached hydrogens (primary N) is 1. The van der Waals surface area contributed by atoms with Crippen LogP contribution in [-0.2, 0) is 0 Å². The summed E-state index contributed by atoms with van der Waals surface area (Å²) in [6.07, 6.45) is 0. The smallest absolute Gasteiger partial charge is 0.282 e. The number of nitrogens with zero attached hydrogens (tertiary/aromatic N) is 3. The van der Waals surface area contributed by atoms with E-state index in [1.807, 2.05) is 19.0 Å². The maximum atomic E-state index is 12.2. The molecule has 0 aromatic heterocycles. The average molecular weight is 266 g/mol. The summed E-state index contributed by atoms with van der Waals surface area (Å²) in [5.74, 6) is -0.402. The van der Waals surface area contributed by atoms with Crippen molar-refractivity contribution in [2.45, 2.75) is 0 Å². The van der Waals surface area contributed by atoms with Gasteiger partial charge in [0.2, 0.25) is 0 Å². The van der Waals surface area contributed by atoms with Gasteiger partial charge in [0.05, 0.1) is 4.92 Å². The molecule has 0 aliphatic rings. The molecule has 1 rings (SSSR count). The second-order valence-electron chi connectivity index (χ2n) is 4.56. The summed E-state index contributed by atoms with van der Waals surface area (Å²) in [5, 5.41) is 10.9. The van der Waals surface area contributed by atoms with Crippen molar-refractivity contribution in [3.8, 4) is 0 Å². The summed E-state index contributed by atoms with van der Waals surface area (Å²) < 4.78 is 0. The van der Waals surface area contributed by atoms with Gasteiger partial charge < -0.3 is 15.5 Å². The summed E-state index contributed by atoms with van der Waals surface area (Å²) in [6.45, 7) is 1.16. The first-order valence-corrected chi connectivity index (χ1v) is 5.77. The van der Waals surface area contributed by atoms with Crippen LogP contribution >= 0.6 is 0 Å². The van der Waals surface area contributed by atoms with Crippen LogP contribution in [0.15, 0.2) is 18.2 Å². The van der Waals surface area contributed by atoms with Crippen LogP contribution in [0.25, 0.3) is 0 Å². The van der Waals surface area contributed by atoms with Gasteiger partial charge in [0.15, 0.2) is 0 Å². The molecule has 0 heterocycles. The van der Waals surface area contributed by atoms with Crippen LogP contribution in [0, 0.1) is 10.1 Å². The fourth-order valence-corrected chi connectivity index (χ4v) is 1.54. The van der Waals surface area contributed by atoms with Gasteiger partial charge in [0.1, 0.15) is 5.56 Å². The number of rotatable bonds is 5. The Morgan fingerprint density at radius 3 is 2.47 bits per heavy atom. The highest BCUT2D eigenvalue weighted by molar-refractivity contribution is 5.98. The van der Waals surface area contributed by atoms with Crippen molar-refractivity contribution in [3.63, 3.8) is 0 Å². The number of likely N-dealkylation sites (N-methyl/N-ethyl adjacent to an activating group) is 2. The number of carbonyl (C=O) groups excluding carboxylic acids is 1. The first-order chi connectivity index (χ1) is 8.82. The highest BCUT2D eigenvalue weighted by Crippen LogP contribution is 2.22. The molecule has 0 spiro atoms. The molecule has 0 radical (unpaired) electrons. The van der Waals surface area contributed by atoms with Gasteiger partial charge in [-0.05, 0) is 26.2 Å². The van der Waals surface area contributed by atoms with E-state index in [0.717, 1.165) is 0 Å². The van der Waals surface area contributed by atoms with Gasteiger partial charge >= 0.3 is 0 Å². The molecule has 1 amide bonds. The monoisotopic (exact) mass is 266 g/mol. The van der Waals surface area contributed by atoms with Crippen molar-refractivity contribution in [2.24, 2.45) is 0 Å². The summed E-state index contributed by atoms with van der Waals surface area (Å²) in [7, 11) is 5.39. The van der Waals surface area contributed by atoms with Crippen LogP contribution in [0.5, 0.6) is 0 Å². The number of amides is 1. The fraction of sp³-hybridized carbons (Fsp3) is 0.417. The fourth-order valence-electron chi connectivity index (χ4n) is 1.54. The molecular weight excluding hydrogens is 248 g/mol. The van der Waals surface area contributed by atoms with E-state index in [0.29, 0.717) is 18.8 Å². The summed E-state index contributed by atoms with van der Waals surface area (Å²) >= 11 is 0. The number of nitrogen functional groups attached to an aromatic ring is 1. The Balaban J connectivity index is 2.98. The zero-order valence-electron chi connectivity index (χ0n) is 11.3. The number of anilines is 1. The Bertz CT molecular complexity index is 488. The van der Waals surface area contributed by atoms with Crippen molar-refractivity contribution in [1.29, 1.82) is 0 Å². The number of hydrogen-bond donors (Lipinski definition) is 1. The minimum absolute atomic E-state index is 0.0197. The molecule has 7 heteroatoms. The lowest BCUT2D eigenvalue weighted by Crippen LogP contribution is -2.33. The molecule has 0 atom stereocenters. The first-order valence-electron chi connectivity index (χ1n) is 5.77. The van der Waals surface area contributed by atoms with E-state index in [4.69, 9.17) is 5.73 Å². The first kappa shape index (κ1) is 14.9. The second-order valence-corrected chi connectivity index (χ2v) is 4.56. The predicted molar refractivity (Wildman–Crippen MR) is 73.0 cm³/mol. The SMILES string of the molecule is CN(C)CCN(C)C(=O)c1cc(N)ccc1[N+](=O)[O-]. The maximum absolute atomic E-state index is 12.2. The van der Waals surface area contributed by atoms with Crippen molar-refractivity contribution < 1.29 is 9.72 Å². The third kappa shape index (κ3) is 3.92. The average Bonchev–Trinajstić information content (AvgIpc) is 2.34. The third-order valence-electron chi connectivity index (χ3n) is 2.68. The molecule has 1 aromatic carbocycles. The number of carbonyl (C=O) groups is 1. The Morgan fingerprint density at radius 1 is 1.32 bits per heavy atom. The second kappa shape index (κ2) is 6.14. The van der Waals surface area contributed by atoms with E-state index in [-0.39, 0.29) is 11.3 Å². The van der Waals surface area contributed by atoms with E-state index in [1.54, 1.807) is 7.05 Å². The zero-order valence-corrected chi connectivity index (χ0v) is 11.3. The standard InChI is InChI=1S/C12H18N4O3/c1-14(2)6-7-15(3)12(17)10-8-9(13)4-5-11(10)16(18)19/h4-5,8H,6-7,13H2,1-3H3. The van der Waals surface area contributed by atoms with E-state index >= 15 is 0 Å². The van der Waals surface area contributed by atoms with Gasteiger partial charge in [0, 0.05) is 31.9 Å². The lowest BCUT2D eigenvalue weighted by molar-refractivity contribution is -0.385. The summed E-state index contributed by atoms with van der Waals surface area (Å²) in [4.78, 5) is 25.9. The number of benzene rings is 1. The number of nitro groups is 1. The molecule has 0 saturated carbocycles. The van der Waals surface area contributed by atoms with E-state index in [2.05, 4.69) is 0 Å². The summed E-state index contributed by atoms with van der Waals surface area (Å²) in [6, 6.07) is 4.00. The highest BCUT2D eigenvalue weighted by atomic mass is 16.6. The van der Waals surface area contributed by atoms with E-state index in [1.165, 1.54) is 23.1 Å². The molecule has 0 bridgehead atoms. The van der Waals surface area contributed by atoms with Crippen LogP contribution < -0.4 is 5.73 Å². The van der Waals surface area contributed by atoms with Crippen LogP contribution in [0.2, 0.25) is 0 Å². The van der Waals surface area contributed by atoms with Gasteiger partial charge in [-0.3, -0.25) is 14.9 Å². The molecule has 104 valence electrons. The van der Waals surface area contributed by atoms with Crippen molar-refractivity contribution >= 4 is 17.3 Å². The Morgan fingerprint density at radius 2 is 1.95 bits per heavy atom. The zero-order chi connectivity index (χ0) is 14.6. The molecule has 0 fully saturated rings. The number of nitro benzene ring substituents is 1. The lowest BCUT2D eigenvalue weighted by atomic mass is 10.1. The van der Waals surface area contributed by atoms with Gasteiger partial charge in [-0.1, -0.05) is 0 Å². The van der Waals surface area contributed by atoms with Gasteiger partial charge in [-0.15, -0.1) is 0 Å². The minimum Gasteiger partial charge on any atom is -0.399 e. The van der Waals surface area contributed by atoms with Gasteiger partial charge in [-0.25, -0.2) is 0 Å². The lowest BCUT2D eigenvalue weighted by Gasteiger charge is -2.19. The molecule has 0 aliphatic carbocycles. The van der Waals surface area contributed by atoms with Crippen LogP contribution in [-0.4, -0.2) is 54.9 Å². The summed E-state index contributed by atoms with van der Waals surface area (Å²) in [5.41, 5.74) is 5.71. The number of hydrogen-bond acceptors (Lipinski definition) is 5. The molecular formula is C12H18N4O3. The van der Waals surface area contributed by atoms with Gasteiger partial charge in [-0.2, -0.15) is 0 Å². The highest BCUT2D eigenvalue weighted by Gasteiger charge is 2.22. The molecule has 1 aromatic rings. The van der Waals surface area contributed by atoms with Gasteiger partial charge in [0.25, 0.3) is 11.6 Å². The quantitative estimate of drug-likeness (QED) is 0.483. The third-order valence-corrected chi connectivity index (χ3v) is 2.68. The Hall–Kier alpha value is -2.15. The van der Waals surface area contributed by atoms with Crippen molar-refractivity contribution in [3.05, 3.63) is 33.9 Å². The van der Waals surface area contributed by atoms with Crippen LogP contribution in [0.3, 0.4) is 0 Å².